The SMILES string of the molecule is CC1CCN(c2cc(CO)cc(C(C)(C)C)n2)C1. The molecule has 1 aromatic heterocycles. The summed E-state index contributed by atoms with van der Waals surface area (Å²) in [5.41, 5.74) is 2.04. The van der Waals surface area contributed by atoms with Crippen molar-refractivity contribution in [3.8, 4) is 0 Å². The van der Waals surface area contributed by atoms with E-state index in [4.69, 9.17) is 4.98 Å². The van der Waals surface area contributed by atoms with E-state index in [-0.39, 0.29) is 12.0 Å². The molecule has 2 rings (SSSR count). The fourth-order valence-corrected chi connectivity index (χ4v) is 2.35. The summed E-state index contributed by atoms with van der Waals surface area (Å²) in [6.07, 6.45) is 1.23. The van der Waals surface area contributed by atoms with Crippen LogP contribution in [0, 0.1) is 5.92 Å². The Morgan fingerprint density at radius 3 is 2.61 bits per heavy atom. The predicted molar refractivity (Wildman–Crippen MR) is 74.9 cm³/mol. The van der Waals surface area contributed by atoms with Crippen LogP contribution in [0.25, 0.3) is 0 Å². The van der Waals surface area contributed by atoms with Gasteiger partial charge in [0.2, 0.25) is 0 Å². The molecule has 0 bridgehead atoms. The van der Waals surface area contributed by atoms with Gasteiger partial charge >= 0.3 is 0 Å². The lowest BCUT2D eigenvalue weighted by Crippen LogP contribution is -2.23. The summed E-state index contributed by atoms with van der Waals surface area (Å²) >= 11 is 0. The molecule has 3 heteroatoms. The molecule has 100 valence electrons. The van der Waals surface area contributed by atoms with Crippen LogP contribution >= 0.6 is 0 Å². The molecule has 0 amide bonds. The van der Waals surface area contributed by atoms with Crippen molar-refractivity contribution in [2.24, 2.45) is 5.92 Å². The second kappa shape index (κ2) is 4.88. The summed E-state index contributed by atoms with van der Waals surface area (Å²) in [5.74, 6) is 1.76. The van der Waals surface area contributed by atoms with Gasteiger partial charge in [0, 0.05) is 24.2 Å². The topological polar surface area (TPSA) is 36.4 Å². The van der Waals surface area contributed by atoms with E-state index in [0.29, 0.717) is 0 Å². The Morgan fingerprint density at radius 1 is 1.39 bits per heavy atom. The van der Waals surface area contributed by atoms with Crippen LogP contribution in [0.2, 0.25) is 0 Å². The van der Waals surface area contributed by atoms with Gasteiger partial charge in [-0.25, -0.2) is 4.98 Å². The van der Waals surface area contributed by atoms with Crippen molar-refractivity contribution in [1.82, 2.24) is 4.98 Å². The Balaban J connectivity index is 2.35. The first-order valence-corrected chi connectivity index (χ1v) is 6.77. The van der Waals surface area contributed by atoms with Crippen LogP contribution in [-0.4, -0.2) is 23.2 Å². The largest absolute Gasteiger partial charge is 0.392 e. The Hall–Kier alpha value is -1.09. The second-order valence-electron chi connectivity index (χ2n) is 6.47. The smallest absolute Gasteiger partial charge is 0.129 e. The van der Waals surface area contributed by atoms with Gasteiger partial charge in [0.15, 0.2) is 0 Å². The van der Waals surface area contributed by atoms with Gasteiger partial charge in [-0.05, 0) is 30.0 Å². The van der Waals surface area contributed by atoms with Gasteiger partial charge in [0.1, 0.15) is 5.82 Å². The lowest BCUT2D eigenvalue weighted by Gasteiger charge is -2.23. The summed E-state index contributed by atoms with van der Waals surface area (Å²) in [6, 6.07) is 4.04. The maximum Gasteiger partial charge on any atom is 0.129 e. The van der Waals surface area contributed by atoms with E-state index >= 15 is 0 Å². The van der Waals surface area contributed by atoms with E-state index in [2.05, 4.69) is 32.6 Å². The van der Waals surface area contributed by atoms with Gasteiger partial charge in [-0.2, -0.15) is 0 Å². The third-order valence-electron chi connectivity index (χ3n) is 3.57. The molecule has 1 saturated heterocycles. The molecule has 0 saturated carbocycles. The molecule has 0 aromatic carbocycles. The van der Waals surface area contributed by atoms with E-state index in [1.54, 1.807) is 0 Å². The molecular weight excluding hydrogens is 224 g/mol. The maximum absolute atomic E-state index is 9.40. The highest BCUT2D eigenvalue weighted by molar-refractivity contribution is 5.44. The lowest BCUT2D eigenvalue weighted by molar-refractivity contribution is 0.281. The zero-order valence-corrected chi connectivity index (χ0v) is 11.9. The van der Waals surface area contributed by atoms with E-state index in [0.717, 1.165) is 36.1 Å². The molecule has 1 aliphatic heterocycles. The first-order valence-electron chi connectivity index (χ1n) is 6.77. The van der Waals surface area contributed by atoms with Crippen molar-refractivity contribution in [2.75, 3.05) is 18.0 Å². The number of aliphatic hydroxyl groups excluding tert-OH is 1. The molecule has 1 aromatic rings. The molecule has 0 radical (unpaired) electrons. The Labute approximate surface area is 110 Å². The molecule has 3 nitrogen and oxygen atoms in total. The van der Waals surface area contributed by atoms with Crippen LogP contribution in [0.5, 0.6) is 0 Å². The van der Waals surface area contributed by atoms with Crippen molar-refractivity contribution in [3.05, 3.63) is 23.4 Å². The van der Waals surface area contributed by atoms with Gasteiger partial charge in [0.25, 0.3) is 0 Å². The first kappa shape index (κ1) is 13.3. The average molecular weight is 248 g/mol. The molecule has 0 spiro atoms. The van der Waals surface area contributed by atoms with Crippen molar-refractivity contribution in [3.63, 3.8) is 0 Å². The standard InChI is InChI=1S/C15H24N2O/c1-11-5-6-17(9-11)14-8-12(10-18)7-13(16-14)15(2,3)4/h7-8,11,18H,5-6,9-10H2,1-4H3. The molecule has 1 atom stereocenters. The fourth-order valence-electron chi connectivity index (χ4n) is 2.35. The maximum atomic E-state index is 9.40. The summed E-state index contributed by atoms with van der Waals surface area (Å²) in [5, 5.41) is 9.40. The fraction of sp³-hybridized carbons (Fsp3) is 0.667. The Bertz CT molecular complexity index is 423. The summed E-state index contributed by atoms with van der Waals surface area (Å²) in [4.78, 5) is 7.12. The molecule has 1 aliphatic rings. The number of rotatable bonds is 2. The number of aromatic nitrogens is 1. The van der Waals surface area contributed by atoms with E-state index < -0.39 is 0 Å². The van der Waals surface area contributed by atoms with E-state index in [9.17, 15) is 5.11 Å². The Morgan fingerprint density at radius 2 is 2.11 bits per heavy atom. The van der Waals surface area contributed by atoms with Crippen LogP contribution in [0.4, 0.5) is 5.82 Å². The quantitative estimate of drug-likeness (QED) is 0.874. The Kier molecular flexibility index (Phi) is 3.62. The molecule has 1 unspecified atom stereocenters. The summed E-state index contributed by atoms with van der Waals surface area (Å²) in [6.45, 7) is 11.0. The van der Waals surface area contributed by atoms with Crippen LogP contribution in [0.15, 0.2) is 12.1 Å². The number of pyridine rings is 1. The number of hydrogen-bond acceptors (Lipinski definition) is 3. The molecule has 1 fully saturated rings. The minimum atomic E-state index is 0.0191. The van der Waals surface area contributed by atoms with Gasteiger partial charge in [0.05, 0.1) is 6.61 Å². The molecule has 2 heterocycles. The third-order valence-corrected chi connectivity index (χ3v) is 3.57. The normalized spacial score (nSPS) is 20.5. The van der Waals surface area contributed by atoms with Gasteiger partial charge < -0.3 is 10.0 Å². The van der Waals surface area contributed by atoms with Gasteiger partial charge in [-0.3, -0.25) is 0 Å². The molecule has 18 heavy (non-hydrogen) atoms. The zero-order valence-electron chi connectivity index (χ0n) is 11.9. The van der Waals surface area contributed by atoms with Gasteiger partial charge in [-0.15, -0.1) is 0 Å². The minimum Gasteiger partial charge on any atom is -0.392 e. The van der Waals surface area contributed by atoms with Crippen LogP contribution in [-0.2, 0) is 12.0 Å². The van der Waals surface area contributed by atoms with E-state index in [1.807, 2.05) is 12.1 Å². The highest BCUT2D eigenvalue weighted by Crippen LogP contribution is 2.27. The predicted octanol–water partition coefficient (Wildman–Crippen LogP) is 2.72. The minimum absolute atomic E-state index is 0.0191. The van der Waals surface area contributed by atoms with Crippen molar-refractivity contribution in [2.45, 2.75) is 46.1 Å². The highest BCUT2D eigenvalue weighted by atomic mass is 16.3. The van der Waals surface area contributed by atoms with Crippen LogP contribution < -0.4 is 4.90 Å². The van der Waals surface area contributed by atoms with Crippen molar-refractivity contribution in [1.29, 1.82) is 0 Å². The number of anilines is 1. The van der Waals surface area contributed by atoms with Crippen molar-refractivity contribution >= 4 is 5.82 Å². The number of nitrogens with zero attached hydrogens (tertiary/aromatic N) is 2. The number of aliphatic hydroxyl groups is 1. The molecular formula is C15H24N2O. The van der Waals surface area contributed by atoms with Gasteiger partial charge in [-0.1, -0.05) is 27.7 Å². The van der Waals surface area contributed by atoms with Crippen LogP contribution in [0.1, 0.15) is 45.4 Å². The highest BCUT2D eigenvalue weighted by Gasteiger charge is 2.23. The second-order valence-corrected chi connectivity index (χ2v) is 6.47. The zero-order chi connectivity index (χ0) is 13.3. The van der Waals surface area contributed by atoms with Crippen molar-refractivity contribution < 1.29 is 5.11 Å². The summed E-state index contributed by atoms with van der Waals surface area (Å²) < 4.78 is 0. The number of hydrogen-bond donors (Lipinski definition) is 1. The first-order chi connectivity index (χ1) is 8.40. The van der Waals surface area contributed by atoms with E-state index in [1.165, 1.54) is 6.42 Å². The molecule has 1 N–H and O–H groups in total. The lowest BCUT2D eigenvalue weighted by atomic mass is 9.91. The summed E-state index contributed by atoms with van der Waals surface area (Å²) in [7, 11) is 0. The monoisotopic (exact) mass is 248 g/mol. The van der Waals surface area contributed by atoms with Crippen LogP contribution in [0.3, 0.4) is 0 Å². The average Bonchev–Trinajstić information content (AvgIpc) is 2.74. The third kappa shape index (κ3) is 2.83. The molecule has 0 aliphatic carbocycles.